The largest absolute Gasteiger partial charge is 0.421 e. The van der Waals surface area contributed by atoms with Gasteiger partial charge in [-0.25, -0.2) is 0 Å². The van der Waals surface area contributed by atoms with Crippen molar-refractivity contribution in [3.63, 3.8) is 0 Å². The Labute approximate surface area is 119 Å². The molecule has 0 aromatic heterocycles. The van der Waals surface area contributed by atoms with E-state index in [-0.39, 0.29) is 6.42 Å². The Hall–Kier alpha value is -2.11. The van der Waals surface area contributed by atoms with Crippen molar-refractivity contribution < 1.29 is 22.8 Å². The Morgan fingerprint density at radius 3 is 2.57 bits per heavy atom. The fraction of sp³-hybridized carbons (Fsp3) is 0.333. The molecule has 6 heteroatoms. The monoisotopic (exact) mass is 295 g/mol. The van der Waals surface area contributed by atoms with Crippen LogP contribution in [0.1, 0.15) is 17.5 Å². The Morgan fingerprint density at radius 2 is 1.90 bits per heavy atom. The van der Waals surface area contributed by atoms with Gasteiger partial charge in [0.05, 0.1) is 5.69 Å². The molecule has 1 aromatic rings. The molecular formula is C15H12F3NO2. The van der Waals surface area contributed by atoms with Crippen LogP contribution in [0.4, 0.5) is 18.9 Å². The summed E-state index contributed by atoms with van der Waals surface area (Å²) in [5.74, 6) is -1.79. The molecule has 1 atom stereocenters. The van der Waals surface area contributed by atoms with Crippen LogP contribution in [0.25, 0.3) is 0 Å². The van der Waals surface area contributed by atoms with Gasteiger partial charge in [-0.1, -0.05) is 18.2 Å². The summed E-state index contributed by atoms with van der Waals surface area (Å²) in [5, 5.41) is 0. The third-order valence-electron chi connectivity index (χ3n) is 3.88. The van der Waals surface area contributed by atoms with Crippen molar-refractivity contribution in [2.45, 2.75) is 32.0 Å². The fourth-order valence-electron chi connectivity index (χ4n) is 3.03. The molecule has 21 heavy (non-hydrogen) atoms. The molecule has 1 aromatic carbocycles. The number of ketones is 1. The highest BCUT2D eigenvalue weighted by molar-refractivity contribution is 6.14. The van der Waals surface area contributed by atoms with E-state index in [9.17, 15) is 22.8 Å². The van der Waals surface area contributed by atoms with Crippen LogP contribution in [-0.4, -0.2) is 23.9 Å². The molecular weight excluding hydrogens is 283 g/mol. The third kappa shape index (κ3) is 2.14. The van der Waals surface area contributed by atoms with Gasteiger partial charge < -0.3 is 4.90 Å². The van der Waals surface area contributed by atoms with Crippen LogP contribution < -0.4 is 4.90 Å². The number of halogens is 3. The summed E-state index contributed by atoms with van der Waals surface area (Å²) in [6, 6.07) is 4.80. The Balaban J connectivity index is 2.14. The lowest BCUT2D eigenvalue weighted by Gasteiger charge is -2.25. The molecule has 0 N–H and O–H groups in total. The number of carbonyl (C=O) groups is 2. The third-order valence-corrected chi connectivity index (χ3v) is 3.88. The smallest absolute Gasteiger partial charge is 0.304 e. The second-order valence-corrected chi connectivity index (χ2v) is 5.34. The maximum Gasteiger partial charge on any atom is 0.421 e. The molecule has 1 amide bonds. The first-order chi connectivity index (χ1) is 9.79. The zero-order chi connectivity index (χ0) is 15.4. The minimum Gasteiger partial charge on any atom is -0.304 e. The summed E-state index contributed by atoms with van der Waals surface area (Å²) < 4.78 is 39.0. The number of benzene rings is 1. The molecule has 0 radical (unpaired) electrons. The average Bonchev–Trinajstić information content (AvgIpc) is 2.67. The van der Waals surface area contributed by atoms with Gasteiger partial charge in [-0.05, 0) is 30.5 Å². The van der Waals surface area contributed by atoms with Gasteiger partial charge in [-0.2, -0.15) is 13.2 Å². The van der Waals surface area contributed by atoms with Gasteiger partial charge >= 0.3 is 6.18 Å². The van der Waals surface area contributed by atoms with Crippen LogP contribution in [-0.2, 0) is 16.0 Å². The second-order valence-electron chi connectivity index (χ2n) is 5.34. The maximum atomic E-state index is 13.0. The number of anilines is 1. The zero-order valence-corrected chi connectivity index (χ0v) is 11.2. The molecule has 110 valence electrons. The lowest BCUT2D eigenvalue weighted by Crippen LogP contribution is -2.40. The molecule has 3 rings (SSSR count). The molecule has 0 aliphatic carbocycles. The molecule has 0 unspecified atom stereocenters. The normalized spacial score (nSPS) is 21.8. The molecule has 3 nitrogen and oxygen atoms in total. The van der Waals surface area contributed by atoms with Crippen molar-refractivity contribution >= 4 is 17.4 Å². The first-order valence-electron chi connectivity index (χ1n) is 6.53. The summed E-state index contributed by atoms with van der Waals surface area (Å²) in [6.07, 6.45) is -4.06. The van der Waals surface area contributed by atoms with Crippen molar-refractivity contribution in [1.82, 2.24) is 0 Å². The van der Waals surface area contributed by atoms with Crippen molar-refractivity contribution in [3.8, 4) is 0 Å². The standard InChI is InChI=1S/C15H12F3NO2/c1-8-3-2-4-9-5-10-6-11(20)7-12(15(16,17)18)14(21)19(10)13(8)9/h2-4,7,10H,5-6H2,1H3/t10-/m0/s1. The van der Waals surface area contributed by atoms with Crippen LogP contribution in [0.3, 0.4) is 0 Å². The summed E-state index contributed by atoms with van der Waals surface area (Å²) in [5.41, 5.74) is 0.673. The number of amides is 1. The quantitative estimate of drug-likeness (QED) is 0.738. The summed E-state index contributed by atoms with van der Waals surface area (Å²) in [6.45, 7) is 1.75. The first kappa shape index (κ1) is 13.9. The van der Waals surface area contributed by atoms with E-state index in [1.807, 2.05) is 0 Å². The Bertz CT molecular complexity index is 676. The van der Waals surface area contributed by atoms with Crippen LogP contribution in [0.15, 0.2) is 29.8 Å². The topological polar surface area (TPSA) is 37.4 Å². The minimum atomic E-state index is -4.83. The Morgan fingerprint density at radius 1 is 1.19 bits per heavy atom. The number of alkyl halides is 3. The van der Waals surface area contributed by atoms with E-state index in [1.165, 1.54) is 0 Å². The van der Waals surface area contributed by atoms with Crippen molar-refractivity contribution in [2.24, 2.45) is 0 Å². The van der Waals surface area contributed by atoms with Crippen LogP contribution in [0.5, 0.6) is 0 Å². The van der Waals surface area contributed by atoms with Crippen LogP contribution in [0, 0.1) is 6.92 Å². The first-order valence-corrected chi connectivity index (χ1v) is 6.53. The van der Waals surface area contributed by atoms with Crippen molar-refractivity contribution in [1.29, 1.82) is 0 Å². The number of fused-ring (bicyclic) bond motifs is 3. The molecule has 2 heterocycles. The lowest BCUT2D eigenvalue weighted by molar-refractivity contribution is -0.129. The van der Waals surface area contributed by atoms with Crippen LogP contribution in [0.2, 0.25) is 0 Å². The molecule has 0 bridgehead atoms. The number of aryl methyl sites for hydroxylation is 1. The predicted octanol–water partition coefficient (Wildman–Crippen LogP) is 2.71. The fourth-order valence-corrected chi connectivity index (χ4v) is 3.03. The zero-order valence-electron chi connectivity index (χ0n) is 11.2. The predicted molar refractivity (Wildman–Crippen MR) is 69.9 cm³/mol. The van der Waals surface area contributed by atoms with Crippen molar-refractivity contribution in [2.75, 3.05) is 4.90 Å². The van der Waals surface area contributed by atoms with Gasteiger partial charge in [0.2, 0.25) is 0 Å². The van der Waals surface area contributed by atoms with E-state index in [0.29, 0.717) is 18.2 Å². The van der Waals surface area contributed by atoms with E-state index in [1.54, 1.807) is 25.1 Å². The number of allylic oxidation sites excluding steroid dienone is 1. The average molecular weight is 295 g/mol. The SMILES string of the molecule is Cc1cccc2c1N1C(=O)C(C(F)(F)F)=CC(=O)C[C@@H]1C2. The number of hydrogen-bond donors (Lipinski definition) is 0. The van der Waals surface area contributed by atoms with E-state index in [0.717, 1.165) is 16.0 Å². The maximum absolute atomic E-state index is 13.0. The van der Waals surface area contributed by atoms with Gasteiger partial charge in [0.1, 0.15) is 5.57 Å². The van der Waals surface area contributed by atoms with E-state index in [2.05, 4.69) is 0 Å². The summed E-state index contributed by atoms with van der Waals surface area (Å²) in [7, 11) is 0. The van der Waals surface area contributed by atoms with Gasteiger partial charge in [-0.15, -0.1) is 0 Å². The van der Waals surface area contributed by atoms with Crippen LogP contribution >= 0.6 is 0 Å². The van der Waals surface area contributed by atoms with Crippen molar-refractivity contribution in [3.05, 3.63) is 41.0 Å². The number of carbonyl (C=O) groups excluding carboxylic acids is 2. The molecule has 0 spiro atoms. The van der Waals surface area contributed by atoms with E-state index >= 15 is 0 Å². The van der Waals surface area contributed by atoms with E-state index < -0.39 is 29.5 Å². The Kier molecular flexibility index (Phi) is 2.93. The number of hydrogen-bond acceptors (Lipinski definition) is 2. The molecule has 0 fully saturated rings. The highest BCUT2D eigenvalue weighted by Gasteiger charge is 2.47. The molecule has 0 saturated carbocycles. The van der Waals surface area contributed by atoms with Gasteiger partial charge in [0.15, 0.2) is 5.78 Å². The van der Waals surface area contributed by atoms with Gasteiger partial charge in [0.25, 0.3) is 5.91 Å². The highest BCUT2D eigenvalue weighted by atomic mass is 19.4. The van der Waals surface area contributed by atoms with E-state index in [4.69, 9.17) is 0 Å². The minimum absolute atomic E-state index is 0.0839. The molecule has 2 aliphatic heterocycles. The van der Waals surface area contributed by atoms with Gasteiger partial charge in [-0.3, -0.25) is 9.59 Å². The summed E-state index contributed by atoms with van der Waals surface area (Å²) >= 11 is 0. The summed E-state index contributed by atoms with van der Waals surface area (Å²) in [4.78, 5) is 25.2. The molecule has 2 aliphatic rings. The lowest BCUT2D eigenvalue weighted by atomic mass is 10.0. The number of nitrogens with zero attached hydrogens (tertiary/aromatic N) is 1. The number of rotatable bonds is 0. The highest BCUT2D eigenvalue weighted by Crippen LogP contribution is 2.40. The second kappa shape index (κ2) is 4.44. The number of para-hydroxylation sites is 1. The van der Waals surface area contributed by atoms with Gasteiger partial charge in [0, 0.05) is 12.5 Å². The molecule has 0 saturated heterocycles.